The fourth-order valence-electron chi connectivity index (χ4n) is 2.01. The molecular formula is C17H20F2N4O. The van der Waals surface area contributed by atoms with Crippen LogP contribution < -0.4 is 15.4 Å². The predicted octanol–water partition coefficient (Wildman–Crippen LogP) is 2.94. The third-order valence-corrected chi connectivity index (χ3v) is 3.05. The molecule has 5 nitrogen and oxygen atoms in total. The molecule has 0 aliphatic carbocycles. The van der Waals surface area contributed by atoms with Crippen molar-refractivity contribution < 1.29 is 13.5 Å². The fraction of sp³-hybridized carbons (Fsp3) is 0.294. The standard InChI is InChI=1S/C17H20F2N4O/c1-2-20-17(23-12-14-7-3-4-9-21-14)22-11-13-6-5-8-15(10-13)24-16(18)19/h3-10,16H,2,11-12H2,1H3,(H2,20,22,23). The maximum absolute atomic E-state index is 12.3. The van der Waals surface area contributed by atoms with Crippen molar-refractivity contribution >= 4 is 5.96 Å². The number of benzene rings is 1. The first kappa shape index (κ1) is 17.7. The van der Waals surface area contributed by atoms with Crippen LogP contribution in [0.5, 0.6) is 5.75 Å². The van der Waals surface area contributed by atoms with Gasteiger partial charge in [-0.25, -0.2) is 4.99 Å². The molecule has 2 aromatic rings. The number of rotatable bonds is 7. The molecule has 0 unspecified atom stereocenters. The number of ether oxygens (including phenoxy) is 1. The minimum atomic E-state index is -2.83. The van der Waals surface area contributed by atoms with Crippen LogP contribution in [0.1, 0.15) is 18.2 Å². The van der Waals surface area contributed by atoms with Gasteiger partial charge in [0.2, 0.25) is 0 Å². The number of hydrogen-bond acceptors (Lipinski definition) is 3. The van der Waals surface area contributed by atoms with Crippen molar-refractivity contribution in [1.82, 2.24) is 15.6 Å². The summed E-state index contributed by atoms with van der Waals surface area (Å²) in [4.78, 5) is 8.68. The molecule has 1 aromatic heterocycles. The molecule has 0 bridgehead atoms. The van der Waals surface area contributed by atoms with Crippen molar-refractivity contribution in [1.29, 1.82) is 0 Å². The van der Waals surface area contributed by atoms with Crippen LogP contribution in [0.25, 0.3) is 0 Å². The summed E-state index contributed by atoms with van der Waals surface area (Å²) in [6.45, 7) is 0.734. The highest BCUT2D eigenvalue weighted by atomic mass is 19.3. The molecule has 0 saturated heterocycles. The van der Waals surface area contributed by atoms with Gasteiger partial charge in [-0.1, -0.05) is 18.2 Å². The second-order valence-corrected chi connectivity index (χ2v) is 4.90. The lowest BCUT2D eigenvalue weighted by atomic mass is 10.2. The highest BCUT2D eigenvalue weighted by Gasteiger charge is 2.05. The van der Waals surface area contributed by atoms with Crippen LogP contribution in [0.15, 0.2) is 53.7 Å². The van der Waals surface area contributed by atoms with E-state index in [1.54, 1.807) is 18.3 Å². The van der Waals surface area contributed by atoms with Crippen LogP contribution in [0.3, 0.4) is 0 Å². The van der Waals surface area contributed by atoms with Gasteiger partial charge in [0.15, 0.2) is 5.96 Å². The maximum Gasteiger partial charge on any atom is 0.387 e. The van der Waals surface area contributed by atoms with Gasteiger partial charge in [-0.3, -0.25) is 4.98 Å². The number of aromatic nitrogens is 1. The van der Waals surface area contributed by atoms with E-state index in [9.17, 15) is 8.78 Å². The van der Waals surface area contributed by atoms with E-state index in [0.29, 0.717) is 25.6 Å². The molecule has 0 radical (unpaired) electrons. The molecule has 24 heavy (non-hydrogen) atoms. The summed E-state index contributed by atoms with van der Waals surface area (Å²) in [6, 6.07) is 12.2. The van der Waals surface area contributed by atoms with Gasteiger partial charge in [0.25, 0.3) is 0 Å². The SMILES string of the molecule is CCNC(=NCc1cccc(OC(F)F)c1)NCc1ccccn1. The molecule has 7 heteroatoms. The van der Waals surface area contributed by atoms with Crippen LogP contribution in [0.2, 0.25) is 0 Å². The number of alkyl halides is 2. The predicted molar refractivity (Wildman–Crippen MR) is 89.0 cm³/mol. The lowest BCUT2D eigenvalue weighted by Crippen LogP contribution is -2.37. The number of nitrogens with one attached hydrogen (secondary N) is 2. The largest absolute Gasteiger partial charge is 0.435 e. The van der Waals surface area contributed by atoms with Gasteiger partial charge in [0.05, 0.1) is 18.8 Å². The molecular weight excluding hydrogens is 314 g/mol. The highest BCUT2D eigenvalue weighted by Crippen LogP contribution is 2.16. The number of aliphatic imine (C=N–C) groups is 1. The lowest BCUT2D eigenvalue weighted by Gasteiger charge is -2.11. The van der Waals surface area contributed by atoms with E-state index >= 15 is 0 Å². The normalized spacial score (nSPS) is 11.4. The molecule has 2 rings (SSSR count). The Hall–Kier alpha value is -2.70. The summed E-state index contributed by atoms with van der Waals surface area (Å²) in [7, 11) is 0. The van der Waals surface area contributed by atoms with E-state index in [2.05, 4.69) is 25.3 Å². The van der Waals surface area contributed by atoms with Crippen LogP contribution in [0.4, 0.5) is 8.78 Å². The van der Waals surface area contributed by atoms with Gasteiger partial charge >= 0.3 is 6.61 Å². The van der Waals surface area contributed by atoms with E-state index in [1.807, 2.05) is 31.2 Å². The molecule has 2 N–H and O–H groups in total. The Morgan fingerprint density at radius 2 is 2.08 bits per heavy atom. The first-order chi connectivity index (χ1) is 11.7. The highest BCUT2D eigenvalue weighted by molar-refractivity contribution is 5.79. The van der Waals surface area contributed by atoms with Gasteiger partial charge in [-0.05, 0) is 36.8 Å². The van der Waals surface area contributed by atoms with Gasteiger partial charge in [-0.2, -0.15) is 8.78 Å². The van der Waals surface area contributed by atoms with E-state index in [4.69, 9.17) is 0 Å². The van der Waals surface area contributed by atoms with Gasteiger partial charge in [-0.15, -0.1) is 0 Å². The second-order valence-electron chi connectivity index (χ2n) is 4.90. The summed E-state index contributed by atoms with van der Waals surface area (Å²) in [5.41, 5.74) is 1.68. The first-order valence-corrected chi connectivity index (χ1v) is 7.63. The number of hydrogen-bond donors (Lipinski definition) is 2. The Labute approximate surface area is 139 Å². The van der Waals surface area contributed by atoms with E-state index < -0.39 is 6.61 Å². The quantitative estimate of drug-likeness (QED) is 0.604. The fourth-order valence-corrected chi connectivity index (χ4v) is 2.01. The first-order valence-electron chi connectivity index (χ1n) is 7.63. The zero-order valence-electron chi connectivity index (χ0n) is 13.4. The van der Waals surface area contributed by atoms with Crippen molar-refractivity contribution in [3.63, 3.8) is 0 Å². The number of halogens is 2. The van der Waals surface area contributed by atoms with Crippen LogP contribution in [0, 0.1) is 0 Å². The van der Waals surface area contributed by atoms with E-state index in [0.717, 1.165) is 11.3 Å². The smallest absolute Gasteiger partial charge is 0.387 e. The van der Waals surface area contributed by atoms with Crippen LogP contribution >= 0.6 is 0 Å². The summed E-state index contributed by atoms with van der Waals surface area (Å²) in [5.74, 6) is 0.757. The third kappa shape index (κ3) is 6.20. The van der Waals surface area contributed by atoms with Crippen LogP contribution in [-0.2, 0) is 13.1 Å². The Morgan fingerprint density at radius 1 is 1.21 bits per heavy atom. The van der Waals surface area contributed by atoms with Crippen molar-refractivity contribution in [3.8, 4) is 5.75 Å². The molecule has 0 amide bonds. The van der Waals surface area contributed by atoms with Crippen LogP contribution in [-0.4, -0.2) is 24.1 Å². The van der Waals surface area contributed by atoms with Gasteiger partial charge < -0.3 is 15.4 Å². The summed E-state index contributed by atoms with van der Waals surface area (Å²) < 4.78 is 28.9. The molecule has 0 saturated carbocycles. The maximum atomic E-state index is 12.3. The zero-order chi connectivity index (χ0) is 17.2. The number of nitrogens with zero attached hydrogens (tertiary/aromatic N) is 2. The molecule has 0 spiro atoms. The molecule has 0 aliphatic heterocycles. The minimum Gasteiger partial charge on any atom is -0.435 e. The van der Waals surface area contributed by atoms with E-state index in [-0.39, 0.29) is 5.75 Å². The summed E-state index contributed by atoms with van der Waals surface area (Å²) in [6.07, 6.45) is 1.73. The number of guanidine groups is 1. The molecule has 128 valence electrons. The molecule has 0 aliphatic rings. The monoisotopic (exact) mass is 334 g/mol. The van der Waals surface area contributed by atoms with E-state index in [1.165, 1.54) is 6.07 Å². The molecule has 0 fully saturated rings. The summed E-state index contributed by atoms with van der Waals surface area (Å²) >= 11 is 0. The Balaban J connectivity index is 1.97. The zero-order valence-corrected chi connectivity index (χ0v) is 13.4. The average molecular weight is 334 g/mol. The van der Waals surface area contributed by atoms with Crippen molar-refractivity contribution in [3.05, 3.63) is 59.9 Å². The molecule has 0 atom stereocenters. The second kappa shape index (κ2) is 9.44. The molecule has 1 heterocycles. The molecule has 1 aromatic carbocycles. The summed E-state index contributed by atoms with van der Waals surface area (Å²) in [5, 5.41) is 6.31. The van der Waals surface area contributed by atoms with Gasteiger partial charge in [0.1, 0.15) is 5.75 Å². The van der Waals surface area contributed by atoms with Crippen molar-refractivity contribution in [2.75, 3.05) is 6.54 Å². The van der Waals surface area contributed by atoms with Crippen molar-refractivity contribution in [2.24, 2.45) is 4.99 Å². The van der Waals surface area contributed by atoms with Crippen molar-refractivity contribution in [2.45, 2.75) is 26.6 Å². The minimum absolute atomic E-state index is 0.129. The number of pyridine rings is 1. The lowest BCUT2D eigenvalue weighted by molar-refractivity contribution is -0.0498. The Bertz CT molecular complexity index is 650. The van der Waals surface area contributed by atoms with Gasteiger partial charge in [0, 0.05) is 12.7 Å². The average Bonchev–Trinajstić information content (AvgIpc) is 2.58. The topological polar surface area (TPSA) is 58.5 Å². The third-order valence-electron chi connectivity index (χ3n) is 3.05. The Kier molecular flexibility index (Phi) is 6.94. The Morgan fingerprint density at radius 3 is 2.79 bits per heavy atom.